The standard InChI is InChI=1S/C34H22O/c1-3-13-23(14-4-1)31-25-17-7-9-19-27(25)32(28-20-10-8-18-26(28)31)33-29-21-11-12-22-30(29)35-34(33)24-15-5-2-6-16-24/h1-22H/i2D,5D,6D,15D,16D,17D,18D,19D,20D. The van der Waals surface area contributed by atoms with Gasteiger partial charge in [-0.1, -0.05) is 127 Å². The minimum absolute atomic E-state index is 0.0113. The van der Waals surface area contributed by atoms with Crippen molar-refractivity contribution < 1.29 is 16.8 Å². The minimum Gasteiger partial charge on any atom is -0.455 e. The zero-order valence-corrected chi connectivity index (χ0v) is 18.4. The molecule has 1 nitrogen and oxygen atoms in total. The number of para-hydroxylation sites is 1. The fourth-order valence-electron chi connectivity index (χ4n) is 4.80. The molecule has 7 aromatic rings. The molecule has 1 aromatic heterocycles. The summed E-state index contributed by atoms with van der Waals surface area (Å²) in [6, 6.07) is 20.3. The van der Waals surface area contributed by atoms with E-state index < -0.39 is 30.2 Å². The molecule has 0 spiro atoms. The van der Waals surface area contributed by atoms with Crippen LogP contribution in [0.5, 0.6) is 0 Å². The van der Waals surface area contributed by atoms with Gasteiger partial charge in [0.2, 0.25) is 0 Å². The third-order valence-electron chi connectivity index (χ3n) is 6.21. The molecule has 0 atom stereocenters. The Hall–Kier alpha value is -4.62. The van der Waals surface area contributed by atoms with Gasteiger partial charge in [-0.3, -0.25) is 0 Å². The maximum Gasteiger partial charge on any atom is 0.143 e. The topological polar surface area (TPSA) is 13.1 Å². The second-order valence-electron chi connectivity index (χ2n) is 8.16. The molecule has 0 saturated carbocycles. The van der Waals surface area contributed by atoms with Crippen molar-refractivity contribution in [3.63, 3.8) is 0 Å². The van der Waals surface area contributed by atoms with Crippen molar-refractivity contribution in [1.82, 2.24) is 0 Å². The van der Waals surface area contributed by atoms with Gasteiger partial charge in [0.1, 0.15) is 11.3 Å². The van der Waals surface area contributed by atoms with Gasteiger partial charge in [0.15, 0.2) is 0 Å². The van der Waals surface area contributed by atoms with Crippen molar-refractivity contribution in [2.45, 2.75) is 0 Å². The maximum absolute atomic E-state index is 9.15. The Morgan fingerprint density at radius 1 is 0.429 bits per heavy atom. The van der Waals surface area contributed by atoms with Crippen LogP contribution in [0.3, 0.4) is 0 Å². The number of fused-ring (bicyclic) bond motifs is 3. The van der Waals surface area contributed by atoms with Gasteiger partial charge < -0.3 is 4.42 Å². The quantitative estimate of drug-likeness (QED) is 0.242. The first kappa shape index (κ1) is 12.7. The first-order valence-electron chi connectivity index (χ1n) is 15.7. The van der Waals surface area contributed by atoms with Gasteiger partial charge in [0.25, 0.3) is 0 Å². The Morgan fingerprint density at radius 3 is 1.66 bits per heavy atom. The molecule has 0 bridgehead atoms. The lowest BCUT2D eigenvalue weighted by Gasteiger charge is -2.18. The molecule has 0 N–H and O–H groups in total. The van der Waals surface area contributed by atoms with Crippen molar-refractivity contribution in [2.75, 3.05) is 0 Å². The molecule has 0 amide bonds. The van der Waals surface area contributed by atoms with E-state index >= 15 is 0 Å². The van der Waals surface area contributed by atoms with Crippen molar-refractivity contribution in [3.8, 4) is 33.6 Å². The number of hydrogen-bond acceptors (Lipinski definition) is 1. The monoisotopic (exact) mass is 455 g/mol. The van der Waals surface area contributed by atoms with Gasteiger partial charge in [-0.15, -0.1) is 0 Å². The van der Waals surface area contributed by atoms with E-state index in [1.54, 1.807) is 24.3 Å². The van der Waals surface area contributed by atoms with E-state index in [0.717, 1.165) is 5.56 Å². The predicted octanol–water partition coefficient (Wildman–Crippen LogP) is 9.74. The highest BCUT2D eigenvalue weighted by Gasteiger charge is 2.23. The number of rotatable bonds is 3. The zero-order chi connectivity index (χ0) is 31.0. The molecule has 0 aliphatic rings. The van der Waals surface area contributed by atoms with E-state index in [1.807, 2.05) is 30.3 Å². The summed E-state index contributed by atoms with van der Waals surface area (Å²) in [5.74, 6) is -0.0113. The van der Waals surface area contributed by atoms with Crippen molar-refractivity contribution in [3.05, 3.63) is 133 Å². The highest BCUT2D eigenvalue weighted by Crippen LogP contribution is 2.49. The Balaban J connectivity index is 1.81. The zero-order valence-electron chi connectivity index (χ0n) is 27.4. The molecule has 0 unspecified atom stereocenters. The van der Waals surface area contributed by atoms with Crippen LogP contribution in [-0.2, 0) is 0 Å². The third kappa shape index (κ3) is 3.09. The summed E-state index contributed by atoms with van der Waals surface area (Å²) in [5, 5.41) is 2.02. The van der Waals surface area contributed by atoms with Crippen molar-refractivity contribution in [2.24, 2.45) is 0 Å². The van der Waals surface area contributed by atoms with E-state index in [4.69, 9.17) is 16.8 Å². The lowest BCUT2D eigenvalue weighted by molar-refractivity contribution is 0.632. The van der Waals surface area contributed by atoms with Crippen LogP contribution in [0.25, 0.3) is 66.1 Å². The summed E-state index contributed by atoms with van der Waals surface area (Å²) in [5.41, 5.74) is 2.15. The molecule has 0 radical (unpaired) electrons. The van der Waals surface area contributed by atoms with E-state index in [1.165, 1.54) is 24.3 Å². The number of hydrogen-bond donors (Lipinski definition) is 0. The Kier molecular flexibility index (Phi) is 2.91. The summed E-state index contributed by atoms with van der Waals surface area (Å²) in [4.78, 5) is 0. The molecule has 0 fully saturated rings. The first-order chi connectivity index (χ1) is 21.1. The normalized spacial score (nSPS) is 15.0. The van der Waals surface area contributed by atoms with Gasteiger partial charge in [0.05, 0.1) is 12.3 Å². The molecular weight excluding hydrogens is 424 g/mol. The highest BCUT2D eigenvalue weighted by atomic mass is 16.3. The van der Waals surface area contributed by atoms with Gasteiger partial charge in [0, 0.05) is 22.1 Å². The molecule has 0 saturated heterocycles. The minimum atomic E-state index is -0.538. The van der Waals surface area contributed by atoms with Crippen LogP contribution in [0.1, 0.15) is 12.3 Å². The maximum atomic E-state index is 9.15. The van der Waals surface area contributed by atoms with Crippen molar-refractivity contribution >= 4 is 32.5 Å². The van der Waals surface area contributed by atoms with Crippen LogP contribution < -0.4 is 0 Å². The summed E-state index contributed by atoms with van der Waals surface area (Å²) in [7, 11) is 0. The fourth-order valence-corrected chi connectivity index (χ4v) is 4.80. The smallest absolute Gasteiger partial charge is 0.143 e. The number of benzene rings is 6. The highest BCUT2D eigenvalue weighted by molar-refractivity contribution is 6.24. The second kappa shape index (κ2) is 8.00. The first-order valence-corrected chi connectivity index (χ1v) is 11.2. The fraction of sp³-hybridized carbons (Fsp3) is 0. The van der Waals surface area contributed by atoms with E-state index in [0.29, 0.717) is 49.2 Å². The average molecular weight is 456 g/mol. The Morgan fingerprint density at radius 2 is 1.00 bits per heavy atom. The SMILES string of the molecule is [2H]c1c([2H])c([2H])c(-c2oc3ccccc3c2-c2c3c([2H])ccc([2H])c3c(-c3ccccc3)c3c([2H])ccc([2H])c23)c([2H])c1[2H]. The lowest BCUT2D eigenvalue weighted by Crippen LogP contribution is -1.91. The van der Waals surface area contributed by atoms with Gasteiger partial charge in [-0.25, -0.2) is 0 Å². The van der Waals surface area contributed by atoms with E-state index in [2.05, 4.69) is 0 Å². The van der Waals surface area contributed by atoms with Crippen LogP contribution in [0.15, 0.2) is 138 Å². The van der Waals surface area contributed by atoms with E-state index in [-0.39, 0.29) is 35.5 Å². The summed E-state index contributed by atoms with van der Waals surface area (Å²) >= 11 is 0. The lowest BCUT2D eigenvalue weighted by atomic mass is 9.84. The summed E-state index contributed by atoms with van der Waals surface area (Å²) in [6.07, 6.45) is 0. The third-order valence-corrected chi connectivity index (χ3v) is 6.21. The van der Waals surface area contributed by atoms with Crippen molar-refractivity contribution in [1.29, 1.82) is 0 Å². The van der Waals surface area contributed by atoms with Crippen LogP contribution in [0.2, 0.25) is 0 Å². The second-order valence-corrected chi connectivity index (χ2v) is 8.16. The molecule has 0 aliphatic heterocycles. The molecule has 1 heteroatoms. The Bertz CT molecular complexity index is 2230. The van der Waals surface area contributed by atoms with Crippen LogP contribution in [0.4, 0.5) is 0 Å². The average Bonchev–Trinajstić information content (AvgIpc) is 3.40. The molecule has 164 valence electrons. The largest absolute Gasteiger partial charge is 0.455 e. The summed E-state index contributed by atoms with van der Waals surface area (Å²) < 4.78 is 85.1. The van der Waals surface area contributed by atoms with Gasteiger partial charge in [-0.05, 0) is 38.7 Å². The molecule has 6 aromatic carbocycles. The summed E-state index contributed by atoms with van der Waals surface area (Å²) in [6.45, 7) is 0. The van der Waals surface area contributed by atoms with E-state index in [9.17, 15) is 0 Å². The molecular formula is C34H22O. The predicted molar refractivity (Wildman–Crippen MR) is 148 cm³/mol. The van der Waals surface area contributed by atoms with Gasteiger partial charge >= 0.3 is 0 Å². The van der Waals surface area contributed by atoms with Gasteiger partial charge in [-0.2, -0.15) is 0 Å². The molecule has 1 heterocycles. The number of furan rings is 1. The Labute approximate surface area is 216 Å². The van der Waals surface area contributed by atoms with Crippen LogP contribution >= 0.6 is 0 Å². The van der Waals surface area contributed by atoms with Crippen LogP contribution in [0, 0.1) is 0 Å². The molecule has 35 heavy (non-hydrogen) atoms. The molecule has 7 rings (SSSR count). The van der Waals surface area contributed by atoms with Crippen LogP contribution in [-0.4, -0.2) is 0 Å². The molecule has 0 aliphatic carbocycles.